The van der Waals surface area contributed by atoms with Gasteiger partial charge in [-0.3, -0.25) is 9.59 Å². The van der Waals surface area contributed by atoms with E-state index in [2.05, 4.69) is 6.92 Å². The van der Waals surface area contributed by atoms with Crippen LogP contribution in [0.25, 0.3) is 0 Å². The molecule has 0 spiro atoms. The lowest BCUT2D eigenvalue weighted by Crippen LogP contribution is -2.60. The zero-order valence-electron chi connectivity index (χ0n) is 17.7. The van der Waals surface area contributed by atoms with Crippen LogP contribution in [0.3, 0.4) is 0 Å². The fraction of sp³-hybridized carbons (Fsp3) is 0.913. The standard InChI is InChI=1S/C23H36O5/c1-13(24)23(27)20(26)12-19-17-6-5-15-11-16(28-14(2)25)7-9-21(15,3)18(17)8-10-22(19,23)4/h15-20,26-27H,5-12H2,1-4H3/t15-,16-,17-,18+,19+,20+,21-,22+,23+/m0/s1. The van der Waals surface area contributed by atoms with Crippen LogP contribution in [0.4, 0.5) is 0 Å². The van der Waals surface area contributed by atoms with Gasteiger partial charge in [-0.15, -0.1) is 0 Å². The van der Waals surface area contributed by atoms with Crippen molar-refractivity contribution < 1.29 is 24.5 Å². The lowest BCUT2D eigenvalue weighted by atomic mass is 9.44. The molecule has 28 heavy (non-hydrogen) atoms. The van der Waals surface area contributed by atoms with Crippen LogP contribution in [-0.2, 0) is 14.3 Å². The Balaban J connectivity index is 1.59. The maximum absolute atomic E-state index is 12.4. The van der Waals surface area contributed by atoms with E-state index >= 15 is 0 Å². The van der Waals surface area contributed by atoms with Gasteiger partial charge in [0.2, 0.25) is 0 Å². The minimum Gasteiger partial charge on any atom is -0.463 e. The SMILES string of the molecule is CC(=O)O[C@H]1CC[C@@]2(C)[C@@H](CC[C@H]3[C@H]2CC[C@]2(C)[C@@H]3C[C@@H](O)[C@]2(O)C(C)=O)C1. The molecule has 0 amide bonds. The summed E-state index contributed by atoms with van der Waals surface area (Å²) in [7, 11) is 0. The molecule has 4 rings (SSSR count). The Labute approximate surface area is 168 Å². The van der Waals surface area contributed by atoms with Crippen LogP contribution in [0.2, 0.25) is 0 Å². The Kier molecular flexibility index (Phi) is 4.74. The van der Waals surface area contributed by atoms with E-state index in [4.69, 9.17) is 4.74 Å². The van der Waals surface area contributed by atoms with Crippen LogP contribution >= 0.6 is 0 Å². The summed E-state index contributed by atoms with van der Waals surface area (Å²) >= 11 is 0. The second kappa shape index (κ2) is 6.53. The van der Waals surface area contributed by atoms with Crippen molar-refractivity contribution in [3.63, 3.8) is 0 Å². The van der Waals surface area contributed by atoms with Gasteiger partial charge < -0.3 is 14.9 Å². The molecule has 2 N–H and O–H groups in total. The lowest BCUT2D eigenvalue weighted by molar-refractivity contribution is -0.183. The normalized spacial score (nSPS) is 52.9. The number of hydrogen-bond donors (Lipinski definition) is 2. The molecule has 0 radical (unpaired) electrons. The number of esters is 1. The fourth-order valence-electron chi connectivity index (χ4n) is 8.22. The molecule has 0 saturated heterocycles. The third kappa shape index (κ3) is 2.57. The molecule has 4 aliphatic rings. The first-order valence-electron chi connectivity index (χ1n) is 11.1. The highest BCUT2D eigenvalue weighted by Gasteiger charge is 2.69. The van der Waals surface area contributed by atoms with E-state index < -0.39 is 17.1 Å². The lowest BCUT2D eigenvalue weighted by Gasteiger charge is -2.61. The van der Waals surface area contributed by atoms with E-state index in [0.717, 1.165) is 44.9 Å². The number of rotatable bonds is 2. The molecule has 0 unspecified atom stereocenters. The Bertz CT molecular complexity index is 676. The van der Waals surface area contributed by atoms with E-state index in [0.29, 0.717) is 24.2 Å². The number of Topliss-reactive ketones (excluding diaryl/α,β-unsaturated/α-hetero) is 1. The molecular weight excluding hydrogens is 356 g/mol. The van der Waals surface area contributed by atoms with Crippen molar-refractivity contribution in [3.05, 3.63) is 0 Å². The van der Waals surface area contributed by atoms with Gasteiger partial charge in [-0.1, -0.05) is 13.8 Å². The first-order valence-corrected chi connectivity index (χ1v) is 11.1. The van der Waals surface area contributed by atoms with Crippen LogP contribution in [0.15, 0.2) is 0 Å². The molecule has 9 atom stereocenters. The van der Waals surface area contributed by atoms with Crippen LogP contribution in [-0.4, -0.2) is 39.8 Å². The van der Waals surface area contributed by atoms with E-state index in [1.165, 1.54) is 13.8 Å². The number of ether oxygens (including phenoxy) is 1. The van der Waals surface area contributed by atoms with Gasteiger partial charge in [0, 0.05) is 12.3 Å². The van der Waals surface area contributed by atoms with Gasteiger partial charge in [-0.05, 0) is 87.4 Å². The van der Waals surface area contributed by atoms with Gasteiger partial charge in [-0.25, -0.2) is 0 Å². The van der Waals surface area contributed by atoms with Crippen molar-refractivity contribution >= 4 is 11.8 Å². The van der Waals surface area contributed by atoms with Crippen molar-refractivity contribution in [2.24, 2.45) is 34.5 Å². The average molecular weight is 393 g/mol. The Morgan fingerprint density at radius 3 is 2.32 bits per heavy atom. The number of hydrogen-bond acceptors (Lipinski definition) is 5. The minimum absolute atomic E-state index is 0.0529. The Morgan fingerprint density at radius 1 is 0.964 bits per heavy atom. The third-order valence-corrected chi connectivity index (χ3v) is 9.71. The molecule has 4 fully saturated rings. The van der Waals surface area contributed by atoms with Crippen molar-refractivity contribution in [1.29, 1.82) is 0 Å². The van der Waals surface area contributed by atoms with Crippen molar-refractivity contribution in [2.75, 3.05) is 0 Å². The highest BCUT2D eigenvalue weighted by atomic mass is 16.5. The van der Waals surface area contributed by atoms with E-state index in [-0.39, 0.29) is 29.2 Å². The third-order valence-electron chi connectivity index (χ3n) is 9.71. The predicted octanol–water partition coefficient (Wildman–Crippen LogP) is 3.25. The summed E-state index contributed by atoms with van der Waals surface area (Å²) in [5, 5.41) is 21.9. The number of aliphatic hydroxyl groups is 2. The van der Waals surface area contributed by atoms with Crippen LogP contribution in [0, 0.1) is 34.5 Å². The highest BCUT2D eigenvalue weighted by Crippen LogP contribution is 2.68. The maximum atomic E-state index is 12.4. The number of ketones is 1. The molecule has 0 aliphatic heterocycles. The van der Waals surface area contributed by atoms with Gasteiger partial charge in [0.15, 0.2) is 11.4 Å². The summed E-state index contributed by atoms with van der Waals surface area (Å²) in [5.41, 5.74) is -1.91. The Hall–Kier alpha value is -0.940. The summed E-state index contributed by atoms with van der Waals surface area (Å²) in [5.74, 6) is 1.30. The molecule has 4 aliphatic carbocycles. The van der Waals surface area contributed by atoms with E-state index in [1.54, 1.807) is 0 Å². The smallest absolute Gasteiger partial charge is 0.302 e. The van der Waals surface area contributed by atoms with Crippen molar-refractivity contribution in [1.82, 2.24) is 0 Å². The first kappa shape index (κ1) is 20.3. The van der Waals surface area contributed by atoms with E-state index in [9.17, 15) is 19.8 Å². The predicted molar refractivity (Wildman–Crippen MR) is 104 cm³/mol. The molecule has 0 aromatic heterocycles. The van der Waals surface area contributed by atoms with E-state index in [1.807, 2.05) is 6.92 Å². The number of aliphatic hydroxyl groups excluding tert-OH is 1. The zero-order chi connectivity index (χ0) is 20.5. The molecule has 5 nitrogen and oxygen atoms in total. The largest absolute Gasteiger partial charge is 0.463 e. The van der Waals surface area contributed by atoms with Gasteiger partial charge in [0.05, 0.1) is 6.10 Å². The van der Waals surface area contributed by atoms with Gasteiger partial charge in [0.1, 0.15) is 6.10 Å². The first-order chi connectivity index (χ1) is 13.0. The molecule has 158 valence electrons. The topological polar surface area (TPSA) is 83.8 Å². The molecule has 0 aromatic carbocycles. The Morgan fingerprint density at radius 2 is 1.68 bits per heavy atom. The number of fused-ring (bicyclic) bond motifs is 5. The fourth-order valence-corrected chi connectivity index (χ4v) is 8.22. The van der Waals surface area contributed by atoms with Gasteiger partial charge >= 0.3 is 5.97 Å². The van der Waals surface area contributed by atoms with Crippen molar-refractivity contribution in [2.45, 2.75) is 96.9 Å². The maximum Gasteiger partial charge on any atom is 0.302 e. The molecular formula is C23H36O5. The zero-order valence-corrected chi connectivity index (χ0v) is 17.7. The van der Waals surface area contributed by atoms with Crippen LogP contribution < -0.4 is 0 Å². The number of carbonyl (C=O) groups excluding carboxylic acids is 2. The minimum atomic E-state index is -1.60. The molecule has 4 saturated carbocycles. The summed E-state index contributed by atoms with van der Waals surface area (Å²) in [4.78, 5) is 23.8. The molecule has 5 heteroatoms. The summed E-state index contributed by atoms with van der Waals surface area (Å²) in [6.07, 6.45) is 6.58. The quantitative estimate of drug-likeness (QED) is 0.705. The summed E-state index contributed by atoms with van der Waals surface area (Å²) < 4.78 is 5.53. The van der Waals surface area contributed by atoms with Crippen LogP contribution in [0.5, 0.6) is 0 Å². The average Bonchev–Trinajstić information content (AvgIpc) is 2.83. The molecule has 0 heterocycles. The summed E-state index contributed by atoms with van der Waals surface area (Å²) in [6.45, 7) is 7.38. The van der Waals surface area contributed by atoms with Gasteiger partial charge in [0.25, 0.3) is 0 Å². The highest BCUT2D eigenvalue weighted by molar-refractivity contribution is 5.87. The van der Waals surface area contributed by atoms with Crippen molar-refractivity contribution in [3.8, 4) is 0 Å². The summed E-state index contributed by atoms with van der Waals surface area (Å²) in [6, 6.07) is 0. The van der Waals surface area contributed by atoms with Gasteiger partial charge in [-0.2, -0.15) is 0 Å². The molecule has 0 bridgehead atoms. The number of carbonyl (C=O) groups is 2. The van der Waals surface area contributed by atoms with Crippen LogP contribution in [0.1, 0.15) is 79.1 Å². The molecule has 0 aromatic rings. The second-order valence-corrected chi connectivity index (χ2v) is 10.7. The second-order valence-electron chi connectivity index (χ2n) is 10.7. The monoisotopic (exact) mass is 392 g/mol.